The van der Waals surface area contributed by atoms with Crippen LogP contribution in [0.4, 0.5) is 8.78 Å². The molecule has 2 N–H and O–H groups in total. The molecule has 1 saturated heterocycles. The zero-order valence-corrected chi connectivity index (χ0v) is 15.6. The summed E-state index contributed by atoms with van der Waals surface area (Å²) in [4.78, 5) is 12.5. The lowest BCUT2D eigenvalue weighted by atomic mass is 9.86. The highest BCUT2D eigenvalue weighted by Gasteiger charge is 2.29. The highest BCUT2D eigenvalue weighted by atomic mass is 35.5. The number of carbonyl (C=O) groups is 1. The van der Waals surface area contributed by atoms with Gasteiger partial charge in [0.15, 0.2) is 17.4 Å². The molecule has 142 valence electrons. The molecule has 1 aromatic heterocycles. The summed E-state index contributed by atoms with van der Waals surface area (Å²) < 4.78 is 32.4. The van der Waals surface area contributed by atoms with Crippen molar-refractivity contribution in [2.24, 2.45) is 0 Å². The minimum atomic E-state index is -0.865. The van der Waals surface area contributed by atoms with Crippen molar-refractivity contribution < 1.29 is 18.0 Å². The predicted octanol–water partition coefficient (Wildman–Crippen LogP) is 3.73. The van der Waals surface area contributed by atoms with Crippen LogP contribution in [0, 0.1) is 18.6 Å². The van der Waals surface area contributed by atoms with Crippen LogP contribution in [0.15, 0.2) is 28.7 Å². The standard InChI is InChI=1S/C19H22F2N2O2.ClH/c1-3-17-11(2)8-18(25-17)19(24)23-16-10-22-7-6-13(16)12-4-5-14(20)15(21)9-12;/h4-5,8-9,13,16,22H,3,6-7,10H2,1-2H3,(H,23,24);1H. The summed E-state index contributed by atoms with van der Waals surface area (Å²) in [7, 11) is 0. The average molecular weight is 385 g/mol. The van der Waals surface area contributed by atoms with E-state index in [1.54, 1.807) is 12.1 Å². The first-order valence-corrected chi connectivity index (χ1v) is 8.55. The Kier molecular flexibility index (Phi) is 6.78. The number of aryl methyl sites for hydroxylation is 2. The zero-order valence-electron chi connectivity index (χ0n) is 14.8. The summed E-state index contributed by atoms with van der Waals surface area (Å²) in [5.41, 5.74) is 1.64. The van der Waals surface area contributed by atoms with Crippen molar-refractivity contribution in [2.45, 2.75) is 38.6 Å². The molecule has 1 amide bonds. The zero-order chi connectivity index (χ0) is 18.0. The van der Waals surface area contributed by atoms with E-state index in [-0.39, 0.29) is 36.0 Å². The van der Waals surface area contributed by atoms with Crippen LogP contribution in [-0.4, -0.2) is 25.0 Å². The maximum Gasteiger partial charge on any atom is 0.287 e. The van der Waals surface area contributed by atoms with E-state index in [2.05, 4.69) is 10.6 Å². The van der Waals surface area contributed by atoms with Crippen molar-refractivity contribution in [3.8, 4) is 0 Å². The summed E-state index contributed by atoms with van der Waals surface area (Å²) in [6.45, 7) is 5.20. The number of carbonyl (C=O) groups excluding carboxylic acids is 1. The predicted molar refractivity (Wildman–Crippen MR) is 97.9 cm³/mol. The normalized spacial score (nSPS) is 19.7. The molecule has 2 aromatic rings. The Hall–Kier alpha value is -1.92. The van der Waals surface area contributed by atoms with E-state index in [0.717, 1.165) is 36.8 Å². The Morgan fingerprint density at radius 3 is 2.73 bits per heavy atom. The van der Waals surface area contributed by atoms with E-state index in [9.17, 15) is 13.6 Å². The van der Waals surface area contributed by atoms with Gasteiger partial charge in [-0.2, -0.15) is 0 Å². The van der Waals surface area contributed by atoms with Crippen LogP contribution in [-0.2, 0) is 6.42 Å². The van der Waals surface area contributed by atoms with Gasteiger partial charge in [-0.25, -0.2) is 8.78 Å². The van der Waals surface area contributed by atoms with Gasteiger partial charge in [-0.3, -0.25) is 4.79 Å². The van der Waals surface area contributed by atoms with E-state index in [0.29, 0.717) is 12.1 Å². The highest BCUT2D eigenvalue weighted by Crippen LogP contribution is 2.27. The van der Waals surface area contributed by atoms with Gasteiger partial charge in [0.2, 0.25) is 0 Å². The minimum absolute atomic E-state index is 0. The molecule has 1 aliphatic heterocycles. The first-order chi connectivity index (χ1) is 12.0. The van der Waals surface area contributed by atoms with Crippen molar-refractivity contribution in [1.29, 1.82) is 0 Å². The monoisotopic (exact) mass is 384 g/mol. The minimum Gasteiger partial charge on any atom is -0.456 e. The molecule has 1 aromatic carbocycles. The van der Waals surface area contributed by atoms with Crippen LogP contribution in [0.1, 0.15) is 46.7 Å². The summed E-state index contributed by atoms with van der Waals surface area (Å²) in [5.74, 6) is -1.02. The van der Waals surface area contributed by atoms with Gasteiger partial charge < -0.3 is 15.1 Å². The van der Waals surface area contributed by atoms with Crippen LogP contribution in [0.25, 0.3) is 0 Å². The third kappa shape index (κ3) is 4.24. The summed E-state index contributed by atoms with van der Waals surface area (Å²) in [6.07, 6.45) is 1.45. The summed E-state index contributed by atoms with van der Waals surface area (Å²) in [6, 6.07) is 5.45. The molecular formula is C19H23ClF2N2O2. The third-order valence-electron chi connectivity index (χ3n) is 4.74. The quantitative estimate of drug-likeness (QED) is 0.844. The fourth-order valence-corrected chi connectivity index (χ4v) is 3.37. The number of amides is 1. The topological polar surface area (TPSA) is 54.3 Å². The second kappa shape index (κ2) is 8.64. The second-order valence-corrected chi connectivity index (χ2v) is 6.42. The number of hydrogen-bond acceptors (Lipinski definition) is 3. The van der Waals surface area contributed by atoms with E-state index in [1.807, 2.05) is 13.8 Å². The lowest BCUT2D eigenvalue weighted by molar-refractivity contribution is 0.0894. The summed E-state index contributed by atoms with van der Waals surface area (Å²) in [5, 5.41) is 6.20. The molecule has 7 heteroatoms. The van der Waals surface area contributed by atoms with Gasteiger partial charge in [-0.05, 0) is 49.2 Å². The molecule has 3 rings (SSSR count). The number of benzene rings is 1. The van der Waals surface area contributed by atoms with Crippen molar-refractivity contribution in [3.05, 3.63) is 58.5 Å². The Labute approximate surface area is 157 Å². The third-order valence-corrected chi connectivity index (χ3v) is 4.74. The van der Waals surface area contributed by atoms with Crippen molar-refractivity contribution in [3.63, 3.8) is 0 Å². The van der Waals surface area contributed by atoms with Crippen LogP contribution >= 0.6 is 12.4 Å². The maximum atomic E-state index is 13.6. The lowest BCUT2D eigenvalue weighted by Gasteiger charge is -2.33. The molecule has 0 aliphatic carbocycles. The van der Waals surface area contributed by atoms with Gasteiger partial charge in [0, 0.05) is 24.9 Å². The highest BCUT2D eigenvalue weighted by molar-refractivity contribution is 5.92. The van der Waals surface area contributed by atoms with E-state index in [4.69, 9.17) is 4.42 Å². The largest absolute Gasteiger partial charge is 0.456 e. The number of hydrogen-bond donors (Lipinski definition) is 2. The lowest BCUT2D eigenvalue weighted by Crippen LogP contribution is -2.50. The number of furan rings is 1. The Balaban J connectivity index is 0.00000243. The maximum absolute atomic E-state index is 13.6. The molecule has 0 saturated carbocycles. The number of halogens is 3. The van der Waals surface area contributed by atoms with Gasteiger partial charge in [-0.15, -0.1) is 12.4 Å². The molecule has 26 heavy (non-hydrogen) atoms. The molecule has 4 nitrogen and oxygen atoms in total. The fraction of sp³-hybridized carbons (Fsp3) is 0.421. The Morgan fingerprint density at radius 2 is 2.08 bits per heavy atom. The van der Waals surface area contributed by atoms with Gasteiger partial charge in [0.25, 0.3) is 5.91 Å². The van der Waals surface area contributed by atoms with E-state index < -0.39 is 11.6 Å². The van der Waals surface area contributed by atoms with Crippen LogP contribution < -0.4 is 10.6 Å². The van der Waals surface area contributed by atoms with Crippen LogP contribution in [0.5, 0.6) is 0 Å². The van der Waals surface area contributed by atoms with Crippen molar-refractivity contribution >= 4 is 18.3 Å². The Bertz CT molecular complexity index is 779. The first-order valence-electron chi connectivity index (χ1n) is 8.55. The van der Waals surface area contributed by atoms with Gasteiger partial charge in [0.05, 0.1) is 0 Å². The van der Waals surface area contributed by atoms with E-state index in [1.165, 1.54) is 6.07 Å². The Morgan fingerprint density at radius 1 is 1.31 bits per heavy atom. The second-order valence-electron chi connectivity index (χ2n) is 6.42. The van der Waals surface area contributed by atoms with Crippen LogP contribution in [0.2, 0.25) is 0 Å². The summed E-state index contributed by atoms with van der Waals surface area (Å²) >= 11 is 0. The molecule has 0 bridgehead atoms. The fourth-order valence-electron chi connectivity index (χ4n) is 3.37. The van der Waals surface area contributed by atoms with Gasteiger partial charge in [-0.1, -0.05) is 13.0 Å². The molecule has 1 aliphatic rings. The smallest absolute Gasteiger partial charge is 0.287 e. The molecular weight excluding hydrogens is 362 g/mol. The molecule has 1 fully saturated rings. The molecule has 0 spiro atoms. The van der Waals surface area contributed by atoms with Gasteiger partial charge in [0.1, 0.15) is 5.76 Å². The van der Waals surface area contributed by atoms with Crippen molar-refractivity contribution in [1.82, 2.24) is 10.6 Å². The van der Waals surface area contributed by atoms with E-state index >= 15 is 0 Å². The van der Waals surface area contributed by atoms with Crippen LogP contribution in [0.3, 0.4) is 0 Å². The molecule has 2 atom stereocenters. The van der Waals surface area contributed by atoms with Crippen molar-refractivity contribution in [2.75, 3.05) is 13.1 Å². The number of nitrogens with one attached hydrogen (secondary N) is 2. The number of piperidine rings is 1. The van der Waals surface area contributed by atoms with Gasteiger partial charge >= 0.3 is 0 Å². The molecule has 2 heterocycles. The average Bonchev–Trinajstić information content (AvgIpc) is 2.99. The number of rotatable bonds is 4. The molecule has 2 unspecified atom stereocenters. The SMILES string of the molecule is CCc1oc(C(=O)NC2CNCCC2c2ccc(F)c(F)c2)cc1C.Cl. The first kappa shape index (κ1) is 20.4. The molecule has 0 radical (unpaired) electrons.